The van der Waals surface area contributed by atoms with E-state index in [-0.39, 0.29) is 15.7 Å². The van der Waals surface area contributed by atoms with Crippen LogP contribution >= 0.6 is 11.3 Å². The van der Waals surface area contributed by atoms with Crippen LogP contribution in [0.15, 0.2) is 34.5 Å². The molecule has 0 saturated heterocycles. The number of rotatable bonds is 4. The molecule has 0 aliphatic heterocycles. The van der Waals surface area contributed by atoms with Gasteiger partial charge in [-0.25, -0.2) is 13.4 Å². The number of anilines is 2. The van der Waals surface area contributed by atoms with Gasteiger partial charge in [0.05, 0.1) is 16.6 Å². The minimum Gasteiger partial charge on any atom is -0.543 e. The molecule has 1 aromatic carbocycles. The number of thiazole rings is 1. The van der Waals surface area contributed by atoms with E-state index in [9.17, 15) is 18.3 Å². The highest BCUT2D eigenvalue weighted by molar-refractivity contribution is 7.93. The van der Waals surface area contributed by atoms with Crippen molar-refractivity contribution >= 4 is 38.1 Å². The molecule has 1 aromatic heterocycles. The summed E-state index contributed by atoms with van der Waals surface area (Å²) in [5, 5.41) is 11.7. The van der Waals surface area contributed by atoms with Gasteiger partial charge in [0.1, 0.15) is 0 Å². The Morgan fingerprint density at radius 1 is 1.32 bits per heavy atom. The number of benzene rings is 1. The van der Waals surface area contributed by atoms with Crippen molar-refractivity contribution in [3.8, 4) is 0 Å². The molecule has 3 N–H and O–H groups in total. The van der Waals surface area contributed by atoms with Crippen molar-refractivity contribution in [1.29, 1.82) is 0 Å². The minimum absolute atomic E-state index is 0.00639. The number of nitrogens with zero attached hydrogens (tertiary/aromatic N) is 1. The molecule has 0 fully saturated rings. The van der Waals surface area contributed by atoms with E-state index in [0.717, 1.165) is 11.3 Å². The summed E-state index contributed by atoms with van der Waals surface area (Å²) >= 11 is 0.856. The second kappa shape index (κ2) is 4.86. The van der Waals surface area contributed by atoms with Crippen molar-refractivity contribution in [3.05, 3.63) is 35.3 Å². The first kappa shape index (κ1) is 13.3. The first-order valence-corrected chi connectivity index (χ1v) is 7.30. The van der Waals surface area contributed by atoms with Gasteiger partial charge >= 0.3 is 0 Å². The number of nitrogen functional groups attached to an aromatic ring is 1. The van der Waals surface area contributed by atoms with E-state index < -0.39 is 16.0 Å². The first-order chi connectivity index (χ1) is 8.88. The maximum absolute atomic E-state index is 11.9. The lowest BCUT2D eigenvalue weighted by Gasteiger charge is -2.05. The zero-order valence-corrected chi connectivity index (χ0v) is 11.0. The molecule has 0 spiro atoms. The average molecular weight is 298 g/mol. The van der Waals surface area contributed by atoms with Gasteiger partial charge in [-0.2, -0.15) is 0 Å². The van der Waals surface area contributed by atoms with Crippen LogP contribution in [0, 0.1) is 0 Å². The second-order valence-corrected chi connectivity index (χ2v) is 6.04. The molecular formula is C10H8N3O4S2-. The molecular weight excluding hydrogens is 290 g/mol. The van der Waals surface area contributed by atoms with Crippen LogP contribution in [-0.2, 0) is 10.0 Å². The number of nitrogens with two attached hydrogens (primary N) is 1. The molecule has 2 aromatic rings. The number of carboxylic acids is 1. The van der Waals surface area contributed by atoms with Gasteiger partial charge in [-0.3, -0.25) is 4.72 Å². The fourth-order valence-electron chi connectivity index (χ4n) is 1.24. The maximum Gasteiger partial charge on any atom is 0.263 e. The Morgan fingerprint density at radius 3 is 2.47 bits per heavy atom. The minimum atomic E-state index is -3.81. The maximum atomic E-state index is 11.9. The van der Waals surface area contributed by atoms with Gasteiger partial charge in [-0.15, -0.1) is 11.3 Å². The lowest BCUT2D eigenvalue weighted by atomic mass is 10.3. The van der Waals surface area contributed by atoms with Gasteiger partial charge in [0.25, 0.3) is 10.0 Å². The molecule has 2 rings (SSSR count). The summed E-state index contributed by atoms with van der Waals surface area (Å²) in [5.41, 5.74) is 5.58. The zero-order chi connectivity index (χ0) is 14.0. The number of hydrogen-bond donors (Lipinski definition) is 2. The van der Waals surface area contributed by atoms with Crippen LogP contribution < -0.4 is 15.6 Å². The predicted octanol–water partition coefficient (Wildman–Crippen LogP) is -0.110. The molecule has 7 nitrogen and oxygen atoms in total. The van der Waals surface area contributed by atoms with Crippen LogP contribution in [-0.4, -0.2) is 19.4 Å². The quantitative estimate of drug-likeness (QED) is 0.759. The third kappa shape index (κ3) is 3.01. The van der Waals surface area contributed by atoms with Gasteiger partial charge in [0, 0.05) is 11.1 Å². The summed E-state index contributed by atoms with van der Waals surface area (Å²) in [4.78, 5) is 14.1. The molecule has 0 bridgehead atoms. The fraction of sp³-hybridized carbons (Fsp3) is 0. The van der Waals surface area contributed by atoms with Crippen LogP contribution in [0.25, 0.3) is 0 Å². The Balaban J connectivity index is 2.25. The smallest absolute Gasteiger partial charge is 0.263 e. The average Bonchev–Trinajstić information content (AvgIpc) is 2.77. The monoisotopic (exact) mass is 298 g/mol. The standard InChI is InChI=1S/C10H9N3O4S2/c11-6-1-3-7(4-2-6)19(16,17)13-10-12-8(5-18-10)9(14)15/h1-5H,11H2,(H,12,13)(H,14,15)/p-1. The van der Waals surface area contributed by atoms with Gasteiger partial charge in [-0.05, 0) is 24.3 Å². The largest absolute Gasteiger partial charge is 0.543 e. The molecule has 0 aliphatic rings. The molecule has 9 heteroatoms. The molecule has 0 amide bonds. The molecule has 0 unspecified atom stereocenters. The summed E-state index contributed by atoms with van der Waals surface area (Å²) in [6, 6.07) is 5.57. The number of carbonyl (C=O) groups excluding carboxylic acids is 1. The van der Waals surface area contributed by atoms with Gasteiger partial charge in [0.2, 0.25) is 0 Å². The van der Waals surface area contributed by atoms with E-state index in [2.05, 4.69) is 9.71 Å². The lowest BCUT2D eigenvalue weighted by molar-refractivity contribution is -0.255. The van der Waals surface area contributed by atoms with Crippen LogP contribution in [0.4, 0.5) is 10.8 Å². The number of sulfonamides is 1. The van der Waals surface area contributed by atoms with E-state index >= 15 is 0 Å². The lowest BCUT2D eigenvalue weighted by Crippen LogP contribution is -2.22. The second-order valence-electron chi connectivity index (χ2n) is 3.50. The third-order valence-corrected chi connectivity index (χ3v) is 4.37. The Labute approximate surface area is 112 Å². The van der Waals surface area contributed by atoms with Crippen molar-refractivity contribution in [1.82, 2.24) is 4.98 Å². The number of hydrogen-bond acceptors (Lipinski definition) is 7. The van der Waals surface area contributed by atoms with E-state index in [4.69, 9.17) is 5.73 Å². The van der Waals surface area contributed by atoms with Crippen molar-refractivity contribution < 1.29 is 18.3 Å². The number of aromatic carboxylic acids is 1. The molecule has 100 valence electrons. The third-order valence-electron chi connectivity index (χ3n) is 2.13. The summed E-state index contributed by atoms with van der Waals surface area (Å²) < 4.78 is 26.1. The number of carboxylic acid groups (broad SMARTS) is 1. The Morgan fingerprint density at radius 2 is 1.95 bits per heavy atom. The molecule has 0 saturated carbocycles. The Hall–Kier alpha value is -2.13. The molecule has 1 heterocycles. The van der Waals surface area contributed by atoms with Crippen LogP contribution in [0.2, 0.25) is 0 Å². The van der Waals surface area contributed by atoms with Crippen LogP contribution in [0.5, 0.6) is 0 Å². The molecule has 0 aliphatic carbocycles. The Bertz CT molecular complexity index is 707. The number of aromatic nitrogens is 1. The normalized spacial score (nSPS) is 11.2. The first-order valence-electron chi connectivity index (χ1n) is 4.94. The van der Waals surface area contributed by atoms with Gasteiger partial charge < -0.3 is 15.6 Å². The molecule has 19 heavy (non-hydrogen) atoms. The molecule has 0 atom stereocenters. The summed E-state index contributed by atoms with van der Waals surface area (Å²) in [6.07, 6.45) is 0. The van der Waals surface area contributed by atoms with Crippen molar-refractivity contribution in [3.63, 3.8) is 0 Å². The zero-order valence-electron chi connectivity index (χ0n) is 9.36. The van der Waals surface area contributed by atoms with Crippen molar-refractivity contribution in [2.24, 2.45) is 0 Å². The van der Waals surface area contributed by atoms with Gasteiger partial charge in [-0.1, -0.05) is 0 Å². The summed E-state index contributed by atoms with van der Waals surface area (Å²) in [7, 11) is -3.81. The molecule has 0 radical (unpaired) electrons. The highest BCUT2D eigenvalue weighted by atomic mass is 32.2. The van der Waals surface area contributed by atoms with E-state index in [0.29, 0.717) is 5.69 Å². The fourth-order valence-corrected chi connectivity index (χ4v) is 3.17. The highest BCUT2D eigenvalue weighted by Crippen LogP contribution is 2.20. The van der Waals surface area contributed by atoms with Crippen LogP contribution in [0.1, 0.15) is 10.5 Å². The van der Waals surface area contributed by atoms with Crippen LogP contribution in [0.3, 0.4) is 0 Å². The van der Waals surface area contributed by atoms with E-state index in [1.54, 1.807) is 0 Å². The van der Waals surface area contributed by atoms with Crippen molar-refractivity contribution in [2.75, 3.05) is 10.5 Å². The van der Waals surface area contributed by atoms with E-state index in [1.165, 1.54) is 29.6 Å². The Kier molecular flexibility index (Phi) is 3.40. The SMILES string of the molecule is Nc1ccc(S(=O)(=O)Nc2nc(C(=O)[O-])cs2)cc1. The summed E-state index contributed by atoms with van der Waals surface area (Å²) in [5.74, 6) is -1.46. The highest BCUT2D eigenvalue weighted by Gasteiger charge is 2.16. The van der Waals surface area contributed by atoms with Crippen molar-refractivity contribution in [2.45, 2.75) is 4.90 Å². The van der Waals surface area contributed by atoms with E-state index in [1.807, 2.05) is 0 Å². The number of carbonyl (C=O) groups is 1. The van der Waals surface area contributed by atoms with Gasteiger partial charge in [0.15, 0.2) is 5.13 Å². The predicted molar refractivity (Wildman–Crippen MR) is 68.1 cm³/mol. The number of nitrogens with one attached hydrogen (secondary N) is 1. The summed E-state index contributed by atoms with van der Waals surface area (Å²) in [6.45, 7) is 0. The topological polar surface area (TPSA) is 125 Å².